The van der Waals surface area contributed by atoms with Gasteiger partial charge in [0.1, 0.15) is 0 Å². The van der Waals surface area contributed by atoms with Gasteiger partial charge in [-0.1, -0.05) is 0 Å². The molecule has 2 radical (unpaired) electrons. The summed E-state index contributed by atoms with van der Waals surface area (Å²) < 4.78 is 129. The summed E-state index contributed by atoms with van der Waals surface area (Å²) in [5.74, 6) is 0. The molecule has 0 N–H and O–H groups in total. The number of hydrogen-bond acceptors (Lipinski definition) is 15. The minimum Gasteiger partial charge on any atom is 0 e. The van der Waals surface area contributed by atoms with Crippen molar-refractivity contribution in [1.82, 2.24) is 0 Å². The van der Waals surface area contributed by atoms with Crippen LogP contribution in [0.4, 0.5) is 0 Å². The maximum absolute atomic E-state index is 8.62. The molecule has 0 aliphatic rings. The first kappa shape index (κ1) is 51.2. The molecule has 128 valence electrons. The first-order valence-electron chi connectivity index (χ1n) is 2.74. The van der Waals surface area contributed by atoms with Gasteiger partial charge in [0.15, 0.2) is 0 Å². The van der Waals surface area contributed by atoms with E-state index in [1.165, 1.54) is 0 Å². The van der Waals surface area contributed by atoms with Crippen LogP contribution in [0.25, 0.3) is 0 Å². The van der Waals surface area contributed by atoms with E-state index in [0.29, 0.717) is 0 Å². The maximum Gasteiger partial charge on any atom is 2.00 e. The Kier molecular flexibility index (Phi) is 102. The van der Waals surface area contributed by atoms with Gasteiger partial charge in [-0.25, -0.2) is 0 Å². The molecule has 23 heteroatoms. The van der Waals surface area contributed by atoms with Gasteiger partial charge in [-0.15, -0.1) is 0 Å². The fraction of sp³-hybridized carbons (Fsp3) is 0. The molecule has 0 atom stereocenters. The van der Waals surface area contributed by atoms with Crippen molar-refractivity contribution < 1.29 is 217 Å². The van der Waals surface area contributed by atoms with E-state index in [-0.39, 0.29) is 118 Å². The third kappa shape index (κ3) is 605. The zero-order valence-electron chi connectivity index (χ0n) is 10.00. The van der Waals surface area contributed by atoms with Gasteiger partial charge in [0, 0.05) is 32.7 Å². The monoisotopic (exact) mass is 1480 g/mol. The van der Waals surface area contributed by atoms with Crippen LogP contribution in [0.2, 0.25) is 0 Å². The van der Waals surface area contributed by atoms with E-state index in [4.69, 9.17) is 50.6 Å². The van der Waals surface area contributed by atoms with E-state index in [9.17, 15) is 0 Å². The summed E-state index contributed by atoms with van der Waals surface area (Å²) >= 11 is -21.7. The molecule has 0 aromatic rings. The fourth-order valence-corrected chi connectivity index (χ4v) is 0. The van der Waals surface area contributed by atoms with Crippen LogP contribution >= 0.6 is 0 Å². The second-order valence-corrected chi connectivity index (χ2v) is 9.15. The van der Waals surface area contributed by atoms with Gasteiger partial charge in [-0.2, -0.15) is 0 Å². The zero-order chi connectivity index (χ0) is 17.9. The molecule has 23 heavy (non-hydrogen) atoms. The maximum atomic E-state index is 8.62. The van der Waals surface area contributed by atoms with Crippen LogP contribution in [-0.2, 0) is 159 Å². The Labute approximate surface area is 255 Å². The molecule has 0 spiro atoms. The first-order chi connectivity index (χ1) is 8.66. The van der Waals surface area contributed by atoms with E-state index in [2.05, 4.69) is 0 Å². The van der Waals surface area contributed by atoms with Crippen molar-refractivity contribution in [2.24, 2.45) is 0 Å². The predicted molar refractivity (Wildman–Crippen MR) is 12.6 cm³/mol. The molecule has 0 fully saturated rings. The van der Waals surface area contributed by atoms with Crippen LogP contribution in [0.1, 0.15) is 0 Å². The van der Waals surface area contributed by atoms with Gasteiger partial charge in [-0.05, 0) is 0 Å². The fourth-order valence-electron chi connectivity index (χ4n) is 0. The Hall–Kier alpha value is 5.41. The van der Waals surface area contributed by atoms with Crippen molar-refractivity contribution in [1.29, 1.82) is 0 Å². The summed E-state index contributed by atoms with van der Waals surface area (Å²) in [6.45, 7) is 0. The molecule has 15 nitrogen and oxygen atoms in total. The van der Waals surface area contributed by atoms with E-state index < -0.39 is 93.9 Å². The van der Waals surface area contributed by atoms with Gasteiger partial charge >= 0.3 is 230 Å². The van der Waals surface area contributed by atoms with Crippen molar-refractivity contribution in [3.05, 3.63) is 0 Å². The van der Waals surface area contributed by atoms with E-state index in [1.54, 1.807) is 0 Å². The van der Waals surface area contributed by atoms with Crippen LogP contribution < -0.4 is 18.1 Å². The van der Waals surface area contributed by atoms with E-state index in [1.807, 2.05) is 0 Å². The predicted octanol–water partition coefficient (Wildman–Crippen LogP) is -7.53. The van der Waals surface area contributed by atoms with Crippen LogP contribution in [0.5, 0.6) is 0 Å². The summed E-state index contributed by atoms with van der Waals surface area (Å²) in [6, 6.07) is 0. The molecule has 0 unspecified atom stereocenters. The molecule has 0 aromatic carbocycles. The molecular weight excluding hydrogens is 1480 g/mol. The van der Waals surface area contributed by atoms with Crippen LogP contribution in [0.3, 0.4) is 0 Å². The van der Waals surface area contributed by atoms with Crippen molar-refractivity contribution >= 4 is 45.5 Å². The summed E-state index contributed by atoms with van der Waals surface area (Å²) in [7, 11) is 0. The average Bonchev–Trinajstić information content (AvgIpc) is 1.94. The molecule has 0 saturated heterocycles. The van der Waals surface area contributed by atoms with Gasteiger partial charge in [0.05, 0.1) is 0 Å². The second-order valence-electron chi connectivity index (χ2n) is 1.12. The Balaban J connectivity index is -0.0000000197. The molecule has 0 heterocycles. The van der Waals surface area contributed by atoms with Gasteiger partial charge in [0.2, 0.25) is 0 Å². The van der Waals surface area contributed by atoms with E-state index >= 15 is 0 Å². The van der Waals surface area contributed by atoms with Crippen molar-refractivity contribution in [2.45, 2.75) is 0 Å². The Morgan fingerprint density at radius 2 is 0.391 bits per heavy atom. The zero-order valence-corrected chi connectivity index (χ0v) is 34.6. The van der Waals surface area contributed by atoms with E-state index in [0.717, 1.165) is 0 Å². The van der Waals surface area contributed by atoms with Crippen LogP contribution in [0, 0.1) is 39.9 Å². The summed E-state index contributed by atoms with van der Waals surface area (Å²) in [4.78, 5) is 0. The molecule has 0 saturated carbocycles. The van der Waals surface area contributed by atoms with Crippen LogP contribution in [-0.4, -0.2) is 45.5 Å². The molecular formula is GdO15SrTa5Y. The largest absolute Gasteiger partial charge is 2.00 e. The molecule has 0 aliphatic heterocycles. The van der Waals surface area contributed by atoms with Crippen molar-refractivity contribution in [2.75, 3.05) is 0 Å². The molecule has 0 rings (SSSR count). The van der Waals surface area contributed by atoms with Gasteiger partial charge < -0.3 is 0 Å². The minimum absolute atomic E-state index is 0. The van der Waals surface area contributed by atoms with Gasteiger partial charge in [0.25, 0.3) is 0 Å². The smallest absolute Gasteiger partial charge is 0 e. The second kappa shape index (κ2) is 45.9. The summed E-state index contributed by atoms with van der Waals surface area (Å²) in [5.41, 5.74) is 0. The SMILES string of the molecule is [Gd+3].[O]=[Ta](=[O])[O-].[O]=[Ta](=[O])[O-].[O]=[Ta](=[O])[O-].[O]=[Ta](=[O])[O-].[O]=[Ta](=[O])[O-].[Sr+2].[Y]. The Morgan fingerprint density at radius 1 is 0.391 bits per heavy atom. The number of hydrogen-bond donors (Lipinski definition) is 0. The minimum atomic E-state index is -4.34. The van der Waals surface area contributed by atoms with Crippen molar-refractivity contribution in [3.63, 3.8) is 0 Å². The third-order valence-corrected chi connectivity index (χ3v) is 0. The third-order valence-electron chi connectivity index (χ3n) is 0. The quantitative estimate of drug-likeness (QED) is 0.204. The Bertz CT molecular complexity index is 392. The standard InChI is InChI=1S/Gd.15O.Sr.5Ta.Y/q+3;;;;;;;;;;;5*-1;+2;;;;;;. The molecule has 0 aromatic heterocycles. The molecule has 0 bridgehead atoms. The average molecular weight is 1480 g/mol. The topological polar surface area (TPSA) is 286 Å². The van der Waals surface area contributed by atoms with Gasteiger partial charge in [-0.3, -0.25) is 0 Å². The van der Waals surface area contributed by atoms with Crippen LogP contribution in [0.15, 0.2) is 0 Å². The first-order valence-corrected chi connectivity index (χ1v) is 22.4. The summed E-state index contributed by atoms with van der Waals surface area (Å²) in [5, 5.41) is 0. The Morgan fingerprint density at radius 3 is 0.391 bits per heavy atom. The normalized spacial score (nSPS) is 5.43. The molecule has 0 aliphatic carbocycles. The van der Waals surface area contributed by atoms with Crippen molar-refractivity contribution in [3.8, 4) is 0 Å². The number of rotatable bonds is 0. The molecule has 0 amide bonds. The summed E-state index contributed by atoms with van der Waals surface area (Å²) in [6.07, 6.45) is 0.